The number of Topliss-reactive ketones (excluding diaryl/α,β-unsaturated/α-hetero) is 1. The number of carbonyl (C=O) groups excluding carboxylic acids is 1. The third-order valence-corrected chi connectivity index (χ3v) is 4.71. The van der Waals surface area contributed by atoms with Crippen molar-refractivity contribution in [2.75, 3.05) is 0 Å². The Morgan fingerprint density at radius 2 is 2.14 bits per heavy atom. The molecule has 1 atom stereocenters. The predicted molar refractivity (Wildman–Crippen MR) is 81.7 cm³/mol. The van der Waals surface area contributed by atoms with E-state index in [0.29, 0.717) is 6.04 Å². The van der Waals surface area contributed by atoms with E-state index in [1.165, 1.54) is 11.8 Å². The number of benzene rings is 1. The van der Waals surface area contributed by atoms with E-state index in [2.05, 4.69) is 15.5 Å². The van der Waals surface area contributed by atoms with Gasteiger partial charge in [-0.2, -0.15) is 0 Å². The quantitative estimate of drug-likeness (QED) is 0.627. The number of hydrogen-bond donors (Lipinski definition) is 0. The van der Waals surface area contributed by atoms with Crippen molar-refractivity contribution in [3.05, 3.63) is 34.9 Å². The average Bonchev–Trinajstić information content (AvgIpc) is 3.21. The summed E-state index contributed by atoms with van der Waals surface area (Å²) in [5.74, 6) is 0.131. The molecule has 0 spiro atoms. The van der Waals surface area contributed by atoms with Crippen LogP contribution >= 0.6 is 11.8 Å². The lowest BCUT2D eigenvalue weighted by Crippen LogP contribution is -2.16. The molecule has 2 aromatic rings. The van der Waals surface area contributed by atoms with Gasteiger partial charge in [-0.25, -0.2) is 4.68 Å². The minimum Gasteiger partial charge on any atom is -0.293 e. The first kappa shape index (κ1) is 14.3. The van der Waals surface area contributed by atoms with Crippen LogP contribution in [0.3, 0.4) is 0 Å². The van der Waals surface area contributed by atoms with E-state index in [0.717, 1.165) is 34.7 Å². The maximum Gasteiger partial charge on any atom is 0.210 e. The molecule has 1 fully saturated rings. The number of aryl methyl sites for hydroxylation is 2. The summed E-state index contributed by atoms with van der Waals surface area (Å²) in [6, 6.07) is 6.40. The zero-order valence-corrected chi connectivity index (χ0v) is 13.2. The molecule has 3 rings (SSSR count). The molecule has 0 amide bonds. The van der Waals surface area contributed by atoms with Crippen LogP contribution in [0.1, 0.15) is 47.3 Å². The molecule has 0 N–H and O–H groups in total. The van der Waals surface area contributed by atoms with Crippen LogP contribution in [-0.4, -0.2) is 31.2 Å². The summed E-state index contributed by atoms with van der Waals surface area (Å²) in [5, 5.41) is 12.3. The number of rotatable bonds is 5. The molecule has 0 radical (unpaired) electrons. The summed E-state index contributed by atoms with van der Waals surface area (Å²) in [7, 11) is 0. The smallest absolute Gasteiger partial charge is 0.210 e. The standard InChI is InChI=1S/C15H18N4OS/c1-9-4-5-10(2)13(8-9)14(20)11(3)21-15-16-17-18-19(15)12-6-7-12/h4-5,8,11-12H,6-7H2,1-3H3. The zero-order chi connectivity index (χ0) is 15.0. The maximum atomic E-state index is 12.6. The number of ketones is 1. The second-order valence-electron chi connectivity index (χ2n) is 5.58. The van der Waals surface area contributed by atoms with Crippen molar-refractivity contribution in [2.24, 2.45) is 0 Å². The Hall–Kier alpha value is -1.69. The highest BCUT2D eigenvalue weighted by Crippen LogP contribution is 2.37. The molecule has 6 heteroatoms. The predicted octanol–water partition coefficient (Wildman–Crippen LogP) is 2.99. The van der Waals surface area contributed by atoms with E-state index in [-0.39, 0.29) is 11.0 Å². The van der Waals surface area contributed by atoms with Crippen molar-refractivity contribution < 1.29 is 4.79 Å². The van der Waals surface area contributed by atoms with Crippen molar-refractivity contribution in [3.63, 3.8) is 0 Å². The molecule has 21 heavy (non-hydrogen) atoms. The Morgan fingerprint density at radius 3 is 2.86 bits per heavy atom. The molecular weight excluding hydrogens is 284 g/mol. The fourth-order valence-corrected chi connectivity index (χ4v) is 3.17. The first-order valence-corrected chi connectivity index (χ1v) is 8.00. The van der Waals surface area contributed by atoms with Gasteiger partial charge in [0.15, 0.2) is 5.78 Å². The van der Waals surface area contributed by atoms with E-state index in [1.54, 1.807) is 0 Å². The number of carbonyl (C=O) groups is 1. The highest BCUT2D eigenvalue weighted by Gasteiger charge is 2.29. The van der Waals surface area contributed by atoms with Gasteiger partial charge in [0.2, 0.25) is 5.16 Å². The van der Waals surface area contributed by atoms with Gasteiger partial charge in [-0.15, -0.1) is 5.10 Å². The van der Waals surface area contributed by atoms with E-state index < -0.39 is 0 Å². The molecule has 5 nitrogen and oxygen atoms in total. The summed E-state index contributed by atoms with van der Waals surface area (Å²) in [6.07, 6.45) is 2.25. The van der Waals surface area contributed by atoms with Gasteiger partial charge in [0.25, 0.3) is 0 Å². The van der Waals surface area contributed by atoms with E-state index in [1.807, 2.05) is 43.7 Å². The van der Waals surface area contributed by atoms with Crippen LogP contribution in [0.25, 0.3) is 0 Å². The largest absolute Gasteiger partial charge is 0.293 e. The van der Waals surface area contributed by atoms with Crippen molar-refractivity contribution in [2.45, 2.75) is 50.1 Å². The zero-order valence-electron chi connectivity index (χ0n) is 12.4. The number of thioether (sulfide) groups is 1. The minimum absolute atomic E-state index is 0.131. The molecule has 110 valence electrons. The van der Waals surface area contributed by atoms with Gasteiger partial charge in [-0.3, -0.25) is 4.79 Å². The molecular formula is C15H18N4OS. The van der Waals surface area contributed by atoms with Crippen LogP contribution in [0.15, 0.2) is 23.4 Å². The van der Waals surface area contributed by atoms with Crippen LogP contribution in [0, 0.1) is 13.8 Å². The fraction of sp³-hybridized carbons (Fsp3) is 0.467. The van der Waals surface area contributed by atoms with Crippen LogP contribution < -0.4 is 0 Å². The summed E-state index contributed by atoms with van der Waals surface area (Å²) in [6.45, 7) is 5.89. The topological polar surface area (TPSA) is 60.7 Å². The Labute approximate surface area is 128 Å². The molecule has 1 saturated carbocycles. The Balaban J connectivity index is 1.78. The highest BCUT2D eigenvalue weighted by atomic mass is 32.2. The molecule has 1 heterocycles. The Bertz CT molecular complexity index is 678. The van der Waals surface area contributed by atoms with Gasteiger partial charge < -0.3 is 0 Å². The third kappa shape index (κ3) is 3.00. The fourth-order valence-electron chi connectivity index (χ4n) is 2.24. The van der Waals surface area contributed by atoms with Gasteiger partial charge in [0.05, 0.1) is 11.3 Å². The van der Waals surface area contributed by atoms with Crippen molar-refractivity contribution in [1.29, 1.82) is 0 Å². The second-order valence-corrected chi connectivity index (χ2v) is 6.89. The molecule has 1 aliphatic carbocycles. The van der Waals surface area contributed by atoms with Gasteiger partial charge in [-0.05, 0) is 55.7 Å². The van der Waals surface area contributed by atoms with Crippen LogP contribution in [0.4, 0.5) is 0 Å². The second kappa shape index (κ2) is 5.60. The lowest BCUT2D eigenvalue weighted by molar-refractivity contribution is 0.0993. The Morgan fingerprint density at radius 1 is 1.38 bits per heavy atom. The first-order valence-electron chi connectivity index (χ1n) is 7.12. The monoisotopic (exact) mass is 302 g/mol. The summed E-state index contributed by atoms with van der Waals surface area (Å²) >= 11 is 1.44. The van der Waals surface area contributed by atoms with Gasteiger partial charge in [0, 0.05) is 5.56 Å². The van der Waals surface area contributed by atoms with Crippen LogP contribution in [0.2, 0.25) is 0 Å². The summed E-state index contributed by atoms with van der Waals surface area (Å²) in [5.41, 5.74) is 2.91. The van der Waals surface area contributed by atoms with Gasteiger partial charge in [0.1, 0.15) is 0 Å². The lowest BCUT2D eigenvalue weighted by atomic mass is 10.0. The summed E-state index contributed by atoms with van der Waals surface area (Å²) < 4.78 is 1.84. The molecule has 0 bridgehead atoms. The molecule has 1 aliphatic rings. The molecule has 0 aliphatic heterocycles. The van der Waals surface area contributed by atoms with E-state index in [9.17, 15) is 4.79 Å². The molecule has 1 aromatic heterocycles. The molecule has 1 aromatic carbocycles. The number of nitrogens with zero attached hydrogens (tertiary/aromatic N) is 4. The van der Waals surface area contributed by atoms with Crippen molar-refractivity contribution >= 4 is 17.5 Å². The average molecular weight is 302 g/mol. The van der Waals surface area contributed by atoms with Crippen LogP contribution in [0.5, 0.6) is 0 Å². The first-order chi connectivity index (χ1) is 10.1. The number of tetrazole rings is 1. The molecule has 0 saturated heterocycles. The minimum atomic E-state index is -0.200. The highest BCUT2D eigenvalue weighted by molar-refractivity contribution is 8.00. The SMILES string of the molecule is Cc1ccc(C)c(C(=O)C(C)Sc2nnnn2C2CC2)c1. The third-order valence-electron chi connectivity index (χ3n) is 3.67. The number of hydrogen-bond acceptors (Lipinski definition) is 5. The number of aromatic nitrogens is 4. The van der Waals surface area contributed by atoms with Gasteiger partial charge in [-0.1, -0.05) is 29.5 Å². The molecule has 1 unspecified atom stereocenters. The lowest BCUT2D eigenvalue weighted by Gasteiger charge is -2.12. The van der Waals surface area contributed by atoms with Crippen molar-refractivity contribution in [1.82, 2.24) is 20.2 Å². The van der Waals surface area contributed by atoms with Crippen molar-refractivity contribution in [3.8, 4) is 0 Å². The summed E-state index contributed by atoms with van der Waals surface area (Å²) in [4.78, 5) is 12.6. The van der Waals surface area contributed by atoms with Gasteiger partial charge >= 0.3 is 0 Å². The Kier molecular flexibility index (Phi) is 3.80. The van der Waals surface area contributed by atoms with E-state index >= 15 is 0 Å². The normalized spacial score (nSPS) is 16.0. The van der Waals surface area contributed by atoms with Crippen LogP contribution in [-0.2, 0) is 0 Å². The maximum absolute atomic E-state index is 12.6. The van der Waals surface area contributed by atoms with E-state index in [4.69, 9.17) is 0 Å².